The van der Waals surface area contributed by atoms with Crippen LogP contribution in [-0.4, -0.2) is 27.5 Å². The first kappa shape index (κ1) is 13.1. The van der Waals surface area contributed by atoms with E-state index >= 15 is 0 Å². The first-order chi connectivity index (χ1) is 8.10. The number of aromatic nitrogens is 2. The van der Waals surface area contributed by atoms with Gasteiger partial charge in [-0.15, -0.1) is 0 Å². The Bertz CT molecular complexity index is 397. The highest BCUT2D eigenvalue weighted by molar-refractivity contribution is 5.61. The molecule has 0 bridgehead atoms. The first-order valence-electron chi connectivity index (χ1n) is 5.50. The maximum atomic E-state index is 11.0. The second kappa shape index (κ2) is 5.97. The van der Waals surface area contributed by atoms with Gasteiger partial charge in [0, 0.05) is 6.54 Å². The Morgan fingerprint density at radius 2 is 2.24 bits per heavy atom. The highest BCUT2D eigenvalue weighted by Gasteiger charge is 2.24. The topological polar surface area (TPSA) is 90.2 Å². The van der Waals surface area contributed by atoms with Gasteiger partial charge < -0.3 is 10.1 Å². The third-order valence-electron chi connectivity index (χ3n) is 2.20. The highest BCUT2D eigenvalue weighted by Crippen LogP contribution is 2.31. The van der Waals surface area contributed by atoms with Crippen LogP contribution in [0.15, 0.2) is 6.33 Å². The number of nitrogens with zero attached hydrogens (tertiary/aromatic N) is 3. The van der Waals surface area contributed by atoms with Crippen molar-refractivity contribution in [3.63, 3.8) is 0 Å². The molecule has 1 N–H and O–H groups in total. The Morgan fingerprint density at radius 1 is 1.53 bits per heavy atom. The Kier molecular flexibility index (Phi) is 4.62. The van der Waals surface area contributed by atoms with Crippen LogP contribution in [0.3, 0.4) is 0 Å². The van der Waals surface area contributed by atoms with Crippen molar-refractivity contribution in [3.05, 3.63) is 16.4 Å². The molecule has 0 fully saturated rings. The van der Waals surface area contributed by atoms with Gasteiger partial charge >= 0.3 is 5.69 Å². The van der Waals surface area contributed by atoms with Gasteiger partial charge in [0.1, 0.15) is 6.33 Å². The molecule has 1 heterocycles. The third-order valence-corrected chi connectivity index (χ3v) is 2.20. The fourth-order valence-electron chi connectivity index (χ4n) is 1.18. The van der Waals surface area contributed by atoms with Gasteiger partial charge in [0.05, 0.1) is 11.0 Å². The lowest BCUT2D eigenvalue weighted by Gasteiger charge is -2.12. The average Bonchev–Trinajstić information content (AvgIpc) is 2.29. The van der Waals surface area contributed by atoms with E-state index in [1.165, 1.54) is 6.33 Å². The molecular formula is C10H16N4O3. The second-order valence-corrected chi connectivity index (χ2v) is 3.50. The van der Waals surface area contributed by atoms with Gasteiger partial charge in [0.15, 0.2) is 0 Å². The first-order valence-corrected chi connectivity index (χ1v) is 5.50. The largest absolute Gasteiger partial charge is 0.470 e. The molecule has 1 rings (SSSR count). The van der Waals surface area contributed by atoms with Crippen molar-refractivity contribution in [2.75, 3.05) is 11.9 Å². The summed E-state index contributed by atoms with van der Waals surface area (Å²) in [7, 11) is 0. The van der Waals surface area contributed by atoms with Crippen LogP contribution in [0.2, 0.25) is 0 Å². The van der Waals surface area contributed by atoms with Crippen LogP contribution < -0.4 is 10.1 Å². The Morgan fingerprint density at radius 3 is 2.76 bits per heavy atom. The van der Waals surface area contributed by atoms with Gasteiger partial charge in [0.25, 0.3) is 5.88 Å². The van der Waals surface area contributed by atoms with Crippen LogP contribution in [0.25, 0.3) is 0 Å². The molecule has 1 unspecified atom stereocenters. The van der Waals surface area contributed by atoms with Crippen molar-refractivity contribution in [1.82, 2.24) is 9.97 Å². The summed E-state index contributed by atoms with van der Waals surface area (Å²) in [5.74, 6) is 0.195. The summed E-state index contributed by atoms with van der Waals surface area (Å²) in [5, 5.41) is 13.8. The maximum absolute atomic E-state index is 11.0. The van der Waals surface area contributed by atoms with Crippen LogP contribution >= 0.6 is 0 Å². The molecule has 7 heteroatoms. The zero-order chi connectivity index (χ0) is 12.8. The van der Waals surface area contributed by atoms with E-state index in [1.807, 2.05) is 20.8 Å². The average molecular weight is 240 g/mol. The summed E-state index contributed by atoms with van der Waals surface area (Å²) < 4.78 is 5.41. The molecule has 94 valence electrons. The zero-order valence-corrected chi connectivity index (χ0v) is 10.1. The highest BCUT2D eigenvalue weighted by atomic mass is 16.6. The van der Waals surface area contributed by atoms with E-state index in [-0.39, 0.29) is 23.5 Å². The molecule has 0 aliphatic carbocycles. The molecule has 0 saturated heterocycles. The number of nitrogens with one attached hydrogen (secondary N) is 1. The maximum Gasteiger partial charge on any atom is 0.372 e. The number of ether oxygens (including phenoxy) is 1. The van der Waals surface area contributed by atoms with Gasteiger partial charge in [-0.3, -0.25) is 10.1 Å². The quantitative estimate of drug-likeness (QED) is 0.604. The molecule has 0 spiro atoms. The number of anilines is 1. The lowest BCUT2D eigenvalue weighted by molar-refractivity contribution is -0.385. The summed E-state index contributed by atoms with van der Waals surface area (Å²) in [6.45, 7) is 6.14. The monoisotopic (exact) mass is 240 g/mol. The predicted molar refractivity (Wildman–Crippen MR) is 63.2 cm³/mol. The van der Waals surface area contributed by atoms with Gasteiger partial charge in [-0.1, -0.05) is 6.92 Å². The van der Waals surface area contributed by atoms with E-state index in [2.05, 4.69) is 15.3 Å². The molecular weight excluding hydrogens is 224 g/mol. The number of hydrogen-bond donors (Lipinski definition) is 1. The van der Waals surface area contributed by atoms with Crippen LogP contribution in [0.1, 0.15) is 27.2 Å². The summed E-state index contributed by atoms with van der Waals surface area (Å²) in [6, 6.07) is 0. The van der Waals surface area contributed by atoms with Crippen LogP contribution in [-0.2, 0) is 0 Å². The number of nitro groups is 1. The van der Waals surface area contributed by atoms with Crippen molar-refractivity contribution in [3.8, 4) is 5.88 Å². The minimum absolute atomic E-state index is 0.00954. The van der Waals surface area contributed by atoms with Gasteiger partial charge in [-0.2, -0.15) is 4.98 Å². The van der Waals surface area contributed by atoms with E-state index in [4.69, 9.17) is 4.74 Å². The van der Waals surface area contributed by atoms with Crippen molar-refractivity contribution < 1.29 is 9.66 Å². The normalized spacial score (nSPS) is 11.9. The molecule has 7 nitrogen and oxygen atoms in total. The summed E-state index contributed by atoms with van der Waals surface area (Å²) in [5.41, 5.74) is -0.213. The van der Waals surface area contributed by atoms with Crippen LogP contribution in [0, 0.1) is 10.1 Å². The third kappa shape index (κ3) is 3.27. The van der Waals surface area contributed by atoms with Crippen molar-refractivity contribution >= 4 is 11.5 Å². The molecule has 0 saturated carbocycles. The minimum Gasteiger partial charge on any atom is -0.470 e. The molecule has 0 amide bonds. The second-order valence-electron chi connectivity index (χ2n) is 3.50. The number of rotatable bonds is 6. The van der Waals surface area contributed by atoms with Crippen molar-refractivity contribution in [2.24, 2.45) is 0 Å². The van der Waals surface area contributed by atoms with Crippen molar-refractivity contribution in [1.29, 1.82) is 0 Å². The lowest BCUT2D eigenvalue weighted by Crippen LogP contribution is -2.14. The van der Waals surface area contributed by atoms with E-state index in [9.17, 15) is 10.1 Å². The Labute approximate surface area is 99.4 Å². The van der Waals surface area contributed by atoms with Gasteiger partial charge in [-0.25, -0.2) is 4.98 Å². The fraction of sp³-hybridized carbons (Fsp3) is 0.600. The van der Waals surface area contributed by atoms with Gasteiger partial charge in [0.2, 0.25) is 5.82 Å². The lowest BCUT2D eigenvalue weighted by atomic mass is 10.3. The van der Waals surface area contributed by atoms with Crippen LogP contribution in [0.4, 0.5) is 11.5 Å². The van der Waals surface area contributed by atoms with E-state index in [0.29, 0.717) is 6.54 Å². The Hall–Kier alpha value is -1.92. The Balaban J connectivity index is 3.10. The predicted octanol–water partition coefficient (Wildman–Crippen LogP) is 1.99. The molecule has 1 aromatic rings. The summed E-state index contributed by atoms with van der Waals surface area (Å²) in [6.07, 6.45) is 1.87. The SMILES string of the molecule is CCNc1ncnc(OC(C)CC)c1[N+](=O)[O-]. The summed E-state index contributed by atoms with van der Waals surface area (Å²) >= 11 is 0. The van der Waals surface area contributed by atoms with E-state index < -0.39 is 4.92 Å². The number of hydrogen-bond acceptors (Lipinski definition) is 6. The molecule has 17 heavy (non-hydrogen) atoms. The van der Waals surface area contributed by atoms with Crippen LogP contribution in [0.5, 0.6) is 5.88 Å². The van der Waals surface area contributed by atoms with Gasteiger partial charge in [-0.05, 0) is 20.3 Å². The van der Waals surface area contributed by atoms with E-state index in [0.717, 1.165) is 6.42 Å². The van der Waals surface area contributed by atoms with E-state index in [1.54, 1.807) is 0 Å². The molecule has 1 aromatic heterocycles. The fourth-order valence-corrected chi connectivity index (χ4v) is 1.18. The molecule has 0 aromatic carbocycles. The standard InChI is InChI=1S/C10H16N4O3/c1-4-7(3)17-10-8(14(15)16)9(11-5-2)12-6-13-10/h6-7H,4-5H2,1-3H3,(H,11,12,13). The molecule has 1 atom stereocenters. The molecule has 0 aliphatic rings. The smallest absolute Gasteiger partial charge is 0.372 e. The minimum atomic E-state index is -0.532. The zero-order valence-electron chi connectivity index (χ0n) is 10.1. The van der Waals surface area contributed by atoms with Crippen molar-refractivity contribution in [2.45, 2.75) is 33.3 Å². The molecule has 0 radical (unpaired) electrons. The summed E-state index contributed by atoms with van der Waals surface area (Å²) in [4.78, 5) is 18.1. The molecule has 0 aliphatic heterocycles.